The highest BCUT2D eigenvalue weighted by Crippen LogP contribution is 2.21. The number of nitrogens with one attached hydrogen (secondary N) is 2. The smallest absolute Gasteiger partial charge is 0.251 e. The predicted molar refractivity (Wildman–Crippen MR) is 83.2 cm³/mol. The number of amidine groups is 1. The molecule has 0 spiro atoms. The molecule has 1 amide bonds. The van der Waals surface area contributed by atoms with Gasteiger partial charge in [-0.15, -0.1) is 0 Å². The molecule has 0 fully saturated rings. The van der Waals surface area contributed by atoms with Gasteiger partial charge >= 0.3 is 0 Å². The Balaban J connectivity index is 3.03. The molecule has 0 bridgehead atoms. The summed E-state index contributed by atoms with van der Waals surface area (Å²) >= 11 is 1.34. The molecule has 0 saturated carbocycles. The molecule has 5 nitrogen and oxygen atoms in total. The number of thioether (sulfide) groups is 1. The maximum atomic E-state index is 11.9. The molecule has 2 N–H and O–H groups in total. The van der Waals surface area contributed by atoms with Crippen LogP contribution in [0.5, 0.6) is 0 Å². The van der Waals surface area contributed by atoms with Crippen molar-refractivity contribution < 1.29 is 4.79 Å². The van der Waals surface area contributed by atoms with E-state index in [1.807, 2.05) is 32.4 Å². The molecule has 0 aliphatic rings. The van der Waals surface area contributed by atoms with Crippen molar-refractivity contribution >= 4 is 28.5 Å². The average molecular weight is 290 g/mol. The van der Waals surface area contributed by atoms with Crippen LogP contribution in [0.3, 0.4) is 0 Å². The van der Waals surface area contributed by atoms with E-state index in [-0.39, 0.29) is 5.91 Å². The van der Waals surface area contributed by atoms with Crippen molar-refractivity contribution in [3.8, 4) is 6.19 Å². The second-order valence-corrected chi connectivity index (χ2v) is 4.91. The summed E-state index contributed by atoms with van der Waals surface area (Å²) in [7, 11) is 0. The van der Waals surface area contributed by atoms with Crippen molar-refractivity contribution in [2.45, 2.75) is 20.3 Å². The molecule has 0 aliphatic heterocycles. The van der Waals surface area contributed by atoms with Gasteiger partial charge in [-0.3, -0.25) is 10.1 Å². The number of hydrogen-bond donors (Lipinski definition) is 2. The molecule has 0 aliphatic carbocycles. The summed E-state index contributed by atoms with van der Waals surface area (Å²) in [4.78, 5) is 16.3. The Morgan fingerprint density at radius 2 is 2.25 bits per heavy atom. The first-order valence-corrected chi connectivity index (χ1v) is 7.51. The highest BCUT2D eigenvalue weighted by atomic mass is 32.2. The van der Waals surface area contributed by atoms with Crippen molar-refractivity contribution in [2.75, 3.05) is 12.8 Å². The zero-order chi connectivity index (χ0) is 15.0. The molecular weight excluding hydrogens is 272 g/mol. The van der Waals surface area contributed by atoms with Gasteiger partial charge in [0, 0.05) is 12.1 Å². The first-order chi connectivity index (χ1) is 9.62. The molecule has 0 aromatic heterocycles. The summed E-state index contributed by atoms with van der Waals surface area (Å²) in [5.41, 5.74) is 2.20. The highest BCUT2D eigenvalue weighted by molar-refractivity contribution is 8.13. The Kier molecular flexibility index (Phi) is 6.60. The fourth-order valence-corrected chi connectivity index (χ4v) is 1.83. The van der Waals surface area contributed by atoms with Crippen LogP contribution >= 0.6 is 11.8 Å². The van der Waals surface area contributed by atoms with E-state index in [2.05, 4.69) is 15.6 Å². The molecule has 106 valence electrons. The summed E-state index contributed by atoms with van der Waals surface area (Å²) < 4.78 is 0. The number of benzene rings is 1. The number of carbonyl (C=O) groups is 1. The monoisotopic (exact) mass is 290 g/mol. The van der Waals surface area contributed by atoms with Gasteiger partial charge in [-0.05, 0) is 37.3 Å². The van der Waals surface area contributed by atoms with E-state index >= 15 is 0 Å². The van der Waals surface area contributed by atoms with E-state index in [1.165, 1.54) is 11.8 Å². The van der Waals surface area contributed by atoms with Crippen LogP contribution in [-0.4, -0.2) is 23.9 Å². The van der Waals surface area contributed by atoms with Gasteiger partial charge in [0.15, 0.2) is 11.4 Å². The number of rotatable bonds is 4. The van der Waals surface area contributed by atoms with E-state index in [1.54, 1.807) is 12.1 Å². The Morgan fingerprint density at radius 3 is 2.85 bits per heavy atom. The highest BCUT2D eigenvalue weighted by Gasteiger charge is 2.08. The standard InChI is InChI=1S/C14H18N4OS/c1-4-7-16-13(19)11-6-5-10(2)12(8-11)18-14(20-3)17-9-15/h5-6,8H,4,7H2,1-3H3,(H,16,19)(H,17,18). The largest absolute Gasteiger partial charge is 0.352 e. The van der Waals surface area contributed by atoms with E-state index in [4.69, 9.17) is 5.26 Å². The third kappa shape index (κ3) is 4.59. The van der Waals surface area contributed by atoms with Crippen LogP contribution in [0.15, 0.2) is 23.2 Å². The van der Waals surface area contributed by atoms with Crippen LogP contribution in [0.2, 0.25) is 0 Å². The number of aryl methyl sites for hydroxylation is 1. The van der Waals surface area contributed by atoms with E-state index < -0.39 is 0 Å². The first-order valence-electron chi connectivity index (χ1n) is 6.29. The Bertz CT molecular complexity index is 549. The van der Waals surface area contributed by atoms with Crippen LogP contribution < -0.4 is 10.6 Å². The molecule has 0 heterocycles. The molecule has 0 saturated heterocycles. The molecule has 20 heavy (non-hydrogen) atoms. The Labute approximate surface area is 123 Å². The van der Waals surface area contributed by atoms with E-state index in [0.29, 0.717) is 23.0 Å². The number of nitrogens with zero attached hydrogens (tertiary/aromatic N) is 2. The fraction of sp³-hybridized carbons (Fsp3) is 0.357. The molecule has 0 atom stereocenters. The minimum absolute atomic E-state index is 0.109. The Hall–Kier alpha value is -2.00. The summed E-state index contributed by atoms with van der Waals surface area (Å²) in [5.74, 6) is -0.109. The molecular formula is C14H18N4OS. The summed E-state index contributed by atoms with van der Waals surface area (Å²) in [5, 5.41) is 14.5. The van der Waals surface area contributed by atoms with Gasteiger partial charge in [-0.1, -0.05) is 24.8 Å². The second kappa shape index (κ2) is 8.23. The van der Waals surface area contributed by atoms with E-state index in [0.717, 1.165) is 12.0 Å². The lowest BCUT2D eigenvalue weighted by Gasteiger charge is -2.07. The molecule has 1 aromatic rings. The van der Waals surface area contributed by atoms with Gasteiger partial charge in [0.2, 0.25) is 0 Å². The van der Waals surface area contributed by atoms with E-state index in [9.17, 15) is 4.79 Å². The maximum absolute atomic E-state index is 11.9. The summed E-state index contributed by atoms with van der Waals surface area (Å²) in [6, 6.07) is 5.36. The minimum Gasteiger partial charge on any atom is -0.352 e. The predicted octanol–water partition coefficient (Wildman–Crippen LogP) is 2.56. The molecule has 0 radical (unpaired) electrons. The fourth-order valence-electron chi connectivity index (χ4n) is 1.49. The number of aliphatic imine (C=N–C) groups is 1. The zero-order valence-corrected chi connectivity index (χ0v) is 12.7. The lowest BCUT2D eigenvalue weighted by molar-refractivity contribution is 0.0953. The van der Waals surface area contributed by atoms with Gasteiger partial charge in [-0.2, -0.15) is 5.26 Å². The molecule has 1 aromatic carbocycles. The maximum Gasteiger partial charge on any atom is 0.251 e. The first kappa shape index (κ1) is 16.1. The number of nitriles is 1. The van der Waals surface area contributed by atoms with Crippen molar-refractivity contribution in [1.82, 2.24) is 10.6 Å². The van der Waals surface area contributed by atoms with Crippen molar-refractivity contribution in [3.05, 3.63) is 29.3 Å². The van der Waals surface area contributed by atoms with Crippen LogP contribution in [0, 0.1) is 18.4 Å². The third-order valence-corrected chi connectivity index (χ3v) is 3.17. The lowest BCUT2D eigenvalue weighted by atomic mass is 10.1. The summed E-state index contributed by atoms with van der Waals surface area (Å²) in [6.07, 6.45) is 4.57. The van der Waals surface area contributed by atoms with Crippen molar-refractivity contribution in [1.29, 1.82) is 5.26 Å². The summed E-state index contributed by atoms with van der Waals surface area (Å²) in [6.45, 7) is 4.57. The van der Waals surface area contributed by atoms with Crippen molar-refractivity contribution in [2.24, 2.45) is 4.99 Å². The number of amides is 1. The quantitative estimate of drug-likeness (QED) is 0.387. The van der Waals surface area contributed by atoms with Gasteiger partial charge < -0.3 is 5.32 Å². The lowest BCUT2D eigenvalue weighted by Crippen LogP contribution is -2.23. The second-order valence-electron chi connectivity index (χ2n) is 4.12. The van der Waals surface area contributed by atoms with Gasteiger partial charge in [-0.25, -0.2) is 4.99 Å². The topological polar surface area (TPSA) is 77.3 Å². The van der Waals surface area contributed by atoms with Gasteiger partial charge in [0.1, 0.15) is 0 Å². The van der Waals surface area contributed by atoms with Crippen LogP contribution in [0.1, 0.15) is 29.3 Å². The van der Waals surface area contributed by atoms with Crippen LogP contribution in [-0.2, 0) is 0 Å². The molecule has 0 unspecified atom stereocenters. The average Bonchev–Trinajstić information content (AvgIpc) is 2.46. The minimum atomic E-state index is -0.109. The SMILES string of the molecule is CCCNC(=O)c1ccc(C)c(N=C(NC#N)SC)c1. The molecule has 1 rings (SSSR count). The number of carbonyl (C=O) groups excluding carboxylic acids is 1. The van der Waals surface area contributed by atoms with Crippen LogP contribution in [0.25, 0.3) is 0 Å². The number of hydrogen-bond acceptors (Lipinski definition) is 4. The van der Waals surface area contributed by atoms with Gasteiger partial charge in [0.05, 0.1) is 5.69 Å². The van der Waals surface area contributed by atoms with Crippen molar-refractivity contribution in [3.63, 3.8) is 0 Å². The van der Waals surface area contributed by atoms with Crippen LogP contribution in [0.4, 0.5) is 5.69 Å². The molecule has 6 heteroatoms. The Morgan fingerprint density at radius 1 is 1.50 bits per heavy atom. The normalized spacial score (nSPS) is 10.8. The van der Waals surface area contributed by atoms with Gasteiger partial charge in [0.25, 0.3) is 5.91 Å². The zero-order valence-electron chi connectivity index (χ0n) is 11.9. The third-order valence-electron chi connectivity index (χ3n) is 2.59.